The molecule has 0 fully saturated rings. The van der Waals surface area contributed by atoms with E-state index < -0.39 is 0 Å². The van der Waals surface area contributed by atoms with Crippen LogP contribution >= 0.6 is 35.3 Å². The molecule has 2 aromatic heterocycles. The second-order valence-corrected chi connectivity index (χ2v) is 7.31. The van der Waals surface area contributed by atoms with Gasteiger partial charge >= 0.3 is 0 Å². The summed E-state index contributed by atoms with van der Waals surface area (Å²) < 4.78 is 7.16. The molecule has 2 rings (SSSR count). The van der Waals surface area contributed by atoms with Crippen molar-refractivity contribution in [3.05, 3.63) is 33.0 Å². The van der Waals surface area contributed by atoms with Crippen molar-refractivity contribution in [2.75, 3.05) is 27.3 Å². The fraction of sp³-hybridized carbons (Fsp3) is 0.611. The van der Waals surface area contributed by atoms with Crippen molar-refractivity contribution in [2.24, 2.45) is 4.99 Å². The first-order valence-electron chi connectivity index (χ1n) is 8.88. The van der Waals surface area contributed by atoms with E-state index in [4.69, 9.17) is 9.73 Å². The van der Waals surface area contributed by atoms with E-state index in [0.717, 1.165) is 47.7 Å². The average Bonchev–Trinajstić information content (AvgIpc) is 3.13. The number of rotatable bonds is 8. The third-order valence-electron chi connectivity index (χ3n) is 4.19. The smallest absolute Gasteiger partial charge is 0.194 e. The predicted octanol–water partition coefficient (Wildman–Crippen LogP) is 3.13. The molecule has 2 heterocycles. The molecular formula is C18H31IN6OS. The zero-order valence-corrected chi connectivity index (χ0v) is 20.2. The number of hydrogen-bond donors (Lipinski definition) is 1. The summed E-state index contributed by atoms with van der Waals surface area (Å²) in [5, 5.41) is 11.2. The highest BCUT2D eigenvalue weighted by Gasteiger charge is 2.13. The van der Waals surface area contributed by atoms with E-state index in [9.17, 15) is 0 Å². The molecule has 0 atom stereocenters. The van der Waals surface area contributed by atoms with Crippen LogP contribution < -0.4 is 5.32 Å². The Hall–Kier alpha value is -1.20. The minimum absolute atomic E-state index is 0. The van der Waals surface area contributed by atoms with Gasteiger partial charge in [0.1, 0.15) is 0 Å². The quantitative estimate of drug-likeness (QED) is 0.339. The van der Waals surface area contributed by atoms with Crippen LogP contribution in [0.15, 0.2) is 10.4 Å². The summed E-state index contributed by atoms with van der Waals surface area (Å²) in [7, 11) is 3.75. The molecule has 27 heavy (non-hydrogen) atoms. The molecule has 0 radical (unpaired) electrons. The molecule has 0 amide bonds. The number of halogens is 1. The number of aryl methyl sites for hydroxylation is 2. The minimum Gasteiger partial charge on any atom is -0.383 e. The van der Waals surface area contributed by atoms with Gasteiger partial charge in [-0.2, -0.15) is 5.10 Å². The maximum atomic E-state index is 5.16. The Morgan fingerprint density at radius 1 is 1.37 bits per heavy atom. The van der Waals surface area contributed by atoms with Crippen LogP contribution in [0.2, 0.25) is 0 Å². The third kappa shape index (κ3) is 6.72. The van der Waals surface area contributed by atoms with E-state index in [2.05, 4.69) is 39.5 Å². The number of thiazole rings is 1. The zero-order chi connectivity index (χ0) is 19.1. The van der Waals surface area contributed by atoms with Crippen LogP contribution in [0.3, 0.4) is 0 Å². The van der Waals surface area contributed by atoms with Gasteiger partial charge in [-0.15, -0.1) is 35.3 Å². The van der Waals surface area contributed by atoms with Gasteiger partial charge in [0.05, 0.1) is 42.6 Å². The summed E-state index contributed by atoms with van der Waals surface area (Å²) in [6.45, 7) is 11.8. The molecular weight excluding hydrogens is 475 g/mol. The number of hydrogen-bond acceptors (Lipinski definition) is 5. The van der Waals surface area contributed by atoms with E-state index in [-0.39, 0.29) is 24.0 Å². The molecule has 1 N–H and O–H groups in total. The number of methoxy groups -OCH3 is 1. The number of aromatic nitrogens is 3. The summed E-state index contributed by atoms with van der Waals surface area (Å²) in [5.41, 5.74) is 4.42. The lowest BCUT2D eigenvalue weighted by Crippen LogP contribution is -2.38. The lowest BCUT2D eigenvalue weighted by Gasteiger charge is -2.21. The maximum absolute atomic E-state index is 5.16. The molecule has 7 nitrogen and oxygen atoms in total. The molecule has 0 saturated heterocycles. The minimum atomic E-state index is 0. The second kappa shape index (κ2) is 11.6. The Morgan fingerprint density at radius 2 is 2.11 bits per heavy atom. The van der Waals surface area contributed by atoms with Crippen molar-refractivity contribution < 1.29 is 4.74 Å². The topological polar surface area (TPSA) is 67.6 Å². The maximum Gasteiger partial charge on any atom is 0.194 e. The summed E-state index contributed by atoms with van der Waals surface area (Å²) in [5.74, 6) is 0.876. The average molecular weight is 506 g/mol. The van der Waals surface area contributed by atoms with Crippen LogP contribution in [-0.2, 0) is 24.4 Å². The monoisotopic (exact) mass is 506 g/mol. The number of nitrogens with zero attached hydrogens (tertiary/aromatic N) is 5. The van der Waals surface area contributed by atoms with Gasteiger partial charge in [-0.3, -0.25) is 4.68 Å². The van der Waals surface area contributed by atoms with E-state index in [0.29, 0.717) is 13.2 Å². The lowest BCUT2D eigenvalue weighted by molar-refractivity contribution is 0.182. The Labute approximate surface area is 183 Å². The van der Waals surface area contributed by atoms with Crippen molar-refractivity contribution in [1.29, 1.82) is 0 Å². The first kappa shape index (κ1) is 23.8. The van der Waals surface area contributed by atoms with Crippen LogP contribution in [0.1, 0.15) is 34.6 Å². The van der Waals surface area contributed by atoms with Gasteiger partial charge < -0.3 is 15.0 Å². The molecule has 0 aliphatic heterocycles. The van der Waals surface area contributed by atoms with Gasteiger partial charge in [0.2, 0.25) is 0 Å². The Kier molecular flexibility index (Phi) is 10.2. The highest BCUT2D eigenvalue weighted by atomic mass is 127. The Balaban J connectivity index is 0.00000364. The summed E-state index contributed by atoms with van der Waals surface area (Å²) in [6.07, 6.45) is 0. The first-order chi connectivity index (χ1) is 12.5. The number of ether oxygens (including phenoxy) is 1. The standard InChI is InChI=1S/C18H30N6OS.HI/c1-7-19-18(23(5)11-16-12-26-15(4)21-16)20-10-17-13(2)22-24(14(17)3)8-9-25-6;/h12H,7-11H2,1-6H3,(H,19,20);1H. The van der Waals surface area contributed by atoms with Crippen LogP contribution in [0.4, 0.5) is 0 Å². The summed E-state index contributed by atoms with van der Waals surface area (Å²) in [4.78, 5) is 11.5. The molecule has 0 aromatic carbocycles. The van der Waals surface area contributed by atoms with Gasteiger partial charge in [0.25, 0.3) is 0 Å². The fourth-order valence-corrected chi connectivity index (χ4v) is 3.38. The van der Waals surface area contributed by atoms with Gasteiger partial charge in [0.15, 0.2) is 5.96 Å². The van der Waals surface area contributed by atoms with Crippen molar-refractivity contribution >= 4 is 41.3 Å². The normalized spacial score (nSPS) is 11.4. The first-order valence-corrected chi connectivity index (χ1v) is 9.76. The van der Waals surface area contributed by atoms with Gasteiger partial charge in [0, 0.05) is 37.3 Å². The summed E-state index contributed by atoms with van der Waals surface area (Å²) >= 11 is 1.68. The molecule has 0 aliphatic rings. The molecule has 9 heteroatoms. The number of nitrogens with one attached hydrogen (secondary N) is 1. The van der Waals surface area contributed by atoms with E-state index in [1.165, 1.54) is 5.56 Å². The van der Waals surface area contributed by atoms with Crippen LogP contribution in [0.25, 0.3) is 0 Å². The lowest BCUT2D eigenvalue weighted by atomic mass is 10.2. The van der Waals surface area contributed by atoms with Crippen molar-refractivity contribution in [2.45, 2.75) is 47.3 Å². The second-order valence-electron chi connectivity index (χ2n) is 6.25. The summed E-state index contributed by atoms with van der Waals surface area (Å²) in [6, 6.07) is 0. The van der Waals surface area contributed by atoms with Crippen molar-refractivity contribution in [1.82, 2.24) is 25.0 Å². The SMILES string of the molecule is CCNC(=NCc1c(C)nn(CCOC)c1C)N(C)Cc1csc(C)n1.I. The molecule has 0 bridgehead atoms. The predicted molar refractivity (Wildman–Crippen MR) is 122 cm³/mol. The van der Waals surface area contributed by atoms with E-state index in [1.54, 1.807) is 18.4 Å². The highest BCUT2D eigenvalue weighted by Crippen LogP contribution is 2.15. The molecule has 0 unspecified atom stereocenters. The van der Waals surface area contributed by atoms with Gasteiger partial charge in [-0.25, -0.2) is 9.98 Å². The highest BCUT2D eigenvalue weighted by molar-refractivity contribution is 14.0. The molecule has 0 aliphatic carbocycles. The molecule has 2 aromatic rings. The number of guanidine groups is 1. The van der Waals surface area contributed by atoms with Crippen LogP contribution in [-0.4, -0.2) is 52.9 Å². The molecule has 0 saturated carbocycles. The fourth-order valence-electron chi connectivity index (χ4n) is 2.78. The largest absolute Gasteiger partial charge is 0.383 e. The van der Waals surface area contributed by atoms with Gasteiger partial charge in [-0.1, -0.05) is 0 Å². The molecule has 0 spiro atoms. The van der Waals surface area contributed by atoms with Crippen LogP contribution in [0, 0.1) is 20.8 Å². The third-order valence-corrected chi connectivity index (χ3v) is 5.01. The molecule has 152 valence electrons. The van der Waals surface area contributed by atoms with Crippen molar-refractivity contribution in [3.8, 4) is 0 Å². The Morgan fingerprint density at radius 3 is 2.70 bits per heavy atom. The van der Waals surface area contributed by atoms with Crippen molar-refractivity contribution in [3.63, 3.8) is 0 Å². The van der Waals surface area contributed by atoms with E-state index in [1.807, 2.05) is 25.6 Å². The van der Waals surface area contributed by atoms with Gasteiger partial charge in [-0.05, 0) is 27.7 Å². The van der Waals surface area contributed by atoms with E-state index >= 15 is 0 Å². The number of aliphatic imine (C=N–C) groups is 1. The Bertz CT molecular complexity index is 742. The van der Waals surface area contributed by atoms with Crippen LogP contribution in [0.5, 0.6) is 0 Å². The zero-order valence-electron chi connectivity index (χ0n) is 17.1.